The van der Waals surface area contributed by atoms with Crippen LogP contribution in [0.25, 0.3) is 22.1 Å². The van der Waals surface area contributed by atoms with Gasteiger partial charge in [0.15, 0.2) is 0 Å². The van der Waals surface area contributed by atoms with Gasteiger partial charge in [0.05, 0.1) is 34.4 Å². The smallest absolute Gasteiger partial charge is 0.254 e. The number of likely N-dealkylation sites (tertiary alicyclic amines) is 1. The predicted octanol–water partition coefficient (Wildman–Crippen LogP) is 2.71. The molecule has 1 aliphatic heterocycles. The van der Waals surface area contributed by atoms with Crippen LogP contribution >= 0.6 is 0 Å². The van der Waals surface area contributed by atoms with Crippen LogP contribution in [-0.2, 0) is 13.2 Å². The van der Waals surface area contributed by atoms with E-state index in [4.69, 9.17) is 0 Å². The molecule has 142 valence electrons. The Morgan fingerprint density at radius 3 is 3.00 bits per heavy atom. The van der Waals surface area contributed by atoms with Crippen molar-refractivity contribution >= 4 is 28.0 Å². The quantitative estimate of drug-likeness (QED) is 0.574. The van der Waals surface area contributed by atoms with Crippen LogP contribution in [0.15, 0.2) is 48.8 Å². The molecule has 2 aromatic carbocycles. The molecule has 4 aromatic rings. The van der Waals surface area contributed by atoms with Crippen molar-refractivity contribution in [1.82, 2.24) is 24.4 Å². The first-order valence-electron chi connectivity index (χ1n) is 9.53. The first-order valence-corrected chi connectivity index (χ1v) is 9.53. The molecule has 0 spiro atoms. The number of nitrogens with one attached hydrogen (secondary N) is 1. The van der Waals surface area contributed by atoms with Crippen LogP contribution in [-0.4, -0.2) is 48.0 Å². The minimum absolute atomic E-state index is 0.0361. The summed E-state index contributed by atoms with van der Waals surface area (Å²) >= 11 is 0. The lowest BCUT2D eigenvalue weighted by molar-refractivity contribution is 0.0725. The molecule has 7 nitrogen and oxygen atoms in total. The van der Waals surface area contributed by atoms with Gasteiger partial charge in [-0.05, 0) is 43.2 Å². The third kappa shape index (κ3) is 2.84. The van der Waals surface area contributed by atoms with Crippen LogP contribution in [0.2, 0.25) is 0 Å². The maximum Gasteiger partial charge on any atom is 0.254 e. The fourth-order valence-electron chi connectivity index (χ4n) is 4.11. The Morgan fingerprint density at radius 2 is 2.11 bits per heavy atom. The van der Waals surface area contributed by atoms with Crippen LogP contribution in [0.1, 0.15) is 29.0 Å². The zero-order valence-corrected chi connectivity index (χ0v) is 15.4. The fraction of sp³-hybridized carbons (Fsp3) is 0.286. The van der Waals surface area contributed by atoms with Crippen molar-refractivity contribution in [1.29, 1.82) is 0 Å². The largest absolute Gasteiger partial charge is 0.388 e. The number of H-pyrrole nitrogens is 1. The number of imidazole rings is 2. The van der Waals surface area contributed by atoms with Crippen molar-refractivity contribution in [2.24, 2.45) is 0 Å². The van der Waals surface area contributed by atoms with Crippen LogP contribution in [0.3, 0.4) is 0 Å². The maximum atomic E-state index is 13.2. The second kappa shape index (κ2) is 6.76. The van der Waals surface area contributed by atoms with Gasteiger partial charge in [0, 0.05) is 18.7 Å². The van der Waals surface area contributed by atoms with Crippen LogP contribution < -0.4 is 0 Å². The summed E-state index contributed by atoms with van der Waals surface area (Å²) in [6.07, 6.45) is 3.85. The Morgan fingerprint density at radius 1 is 1.21 bits per heavy atom. The van der Waals surface area contributed by atoms with Gasteiger partial charge in [-0.25, -0.2) is 9.97 Å². The number of carbonyl (C=O) groups excluding carboxylic acids is 1. The van der Waals surface area contributed by atoms with Crippen molar-refractivity contribution in [3.63, 3.8) is 0 Å². The third-order valence-corrected chi connectivity index (χ3v) is 5.50. The predicted molar refractivity (Wildman–Crippen MR) is 106 cm³/mol. The summed E-state index contributed by atoms with van der Waals surface area (Å²) in [4.78, 5) is 27.0. The number of hydrogen-bond acceptors (Lipinski definition) is 4. The van der Waals surface area contributed by atoms with Gasteiger partial charge in [-0.15, -0.1) is 0 Å². The molecule has 1 atom stereocenters. The SMILES string of the molecule is O=C(c1ccc2nc(CO)[nH]c2c1)N1CCCC1Cn1cnc2ccccc21. The third-order valence-electron chi connectivity index (χ3n) is 5.50. The Hall–Kier alpha value is -3.19. The highest BCUT2D eigenvalue weighted by molar-refractivity contribution is 5.97. The molecule has 7 heteroatoms. The molecule has 0 saturated carbocycles. The lowest BCUT2D eigenvalue weighted by Gasteiger charge is -2.25. The first kappa shape index (κ1) is 16.9. The summed E-state index contributed by atoms with van der Waals surface area (Å²) in [6.45, 7) is 1.36. The number of para-hydroxylation sites is 2. The summed E-state index contributed by atoms with van der Waals surface area (Å²) in [6, 6.07) is 13.7. The number of amides is 1. The normalized spacial score (nSPS) is 17.0. The second-order valence-corrected chi connectivity index (χ2v) is 7.25. The van der Waals surface area contributed by atoms with Gasteiger partial charge < -0.3 is 19.6 Å². The highest BCUT2D eigenvalue weighted by Gasteiger charge is 2.30. The van der Waals surface area contributed by atoms with Crippen LogP contribution in [0.4, 0.5) is 0 Å². The van der Waals surface area contributed by atoms with E-state index in [1.807, 2.05) is 47.6 Å². The van der Waals surface area contributed by atoms with Gasteiger partial charge in [-0.2, -0.15) is 0 Å². The Bertz CT molecular complexity index is 1160. The molecule has 2 N–H and O–H groups in total. The van der Waals surface area contributed by atoms with Gasteiger partial charge in [-0.1, -0.05) is 12.1 Å². The monoisotopic (exact) mass is 375 g/mol. The van der Waals surface area contributed by atoms with E-state index in [9.17, 15) is 9.90 Å². The van der Waals surface area contributed by atoms with E-state index in [1.54, 1.807) is 0 Å². The van der Waals surface area contributed by atoms with Crippen LogP contribution in [0.5, 0.6) is 0 Å². The fourth-order valence-corrected chi connectivity index (χ4v) is 4.11. The number of nitrogens with zero attached hydrogens (tertiary/aromatic N) is 4. The van der Waals surface area contributed by atoms with Gasteiger partial charge >= 0.3 is 0 Å². The molecular weight excluding hydrogens is 354 g/mol. The van der Waals surface area contributed by atoms with E-state index in [1.165, 1.54) is 0 Å². The number of hydrogen-bond donors (Lipinski definition) is 2. The second-order valence-electron chi connectivity index (χ2n) is 7.25. The Labute approximate surface area is 161 Å². The van der Waals surface area contributed by atoms with E-state index < -0.39 is 0 Å². The molecular formula is C21H21N5O2. The molecule has 0 radical (unpaired) electrons. The number of benzene rings is 2. The first-order chi connectivity index (χ1) is 13.7. The van der Waals surface area contributed by atoms with E-state index >= 15 is 0 Å². The standard InChI is InChI=1S/C21H21N5O2/c27-12-20-23-16-8-7-14(10-18(16)24-20)21(28)26-9-3-4-15(26)11-25-13-22-17-5-1-2-6-19(17)25/h1-2,5-8,10,13,15,27H,3-4,9,11-12H2,(H,23,24). The van der Waals surface area contributed by atoms with Crippen molar-refractivity contribution in [3.8, 4) is 0 Å². The highest BCUT2D eigenvalue weighted by atomic mass is 16.3. The molecule has 5 rings (SSSR count). The van der Waals surface area contributed by atoms with Gasteiger partial charge in [0.2, 0.25) is 0 Å². The molecule has 1 aliphatic rings. The highest BCUT2D eigenvalue weighted by Crippen LogP contribution is 2.24. The van der Waals surface area contributed by atoms with Crippen molar-refractivity contribution in [3.05, 3.63) is 60.2 Å². The molecule has 0 bridgehead atoms. The summed E-state index contributed by atoms with van der Waals surface area (Å²) < 4.78 is 2.14. The molecule has 3 heterocycles. The molecule has 1 saturated heterocycles. The lowest BCUT2D eigenvalue weighted by Crippen LogP contribution is -2.38. The number of carbonyl (C=O) groups is 1. The van der Waals surface area contributed by atoms with E-state index in [2.05, 4.69) is 25.6 Å². The molecule has 1 amide bonds. The zero-order chi connectivity index (χ0) is 19.1. The Kier molecular flexibility index (Phi) is 4.09. The van der Waals surface area contributed by atoms with Crippen LogP contribution in [0, 0.1) is 0 Å². The van der Waals surface area contributed by atoms with E-state index in [0.29, 0.717) is 11.4 Å². The van der Waals surface area contributed by atoms with Gasteiger partial charge in [-0.3, -0.25) is 4.79 Å². The van der Waals surface area contributed by atoms with Crippen molar-refractivity contribution < 1.29 is 9.90 Å². The minimum atomic E-state index is -0.148. The number of aliphatic hydroxyl groups excluding tert-OH is 1. The zero-order valence-electron chi connectivity index (χ0n) is 15.4. The average molecular weight is 375 g/mol. The summed E-state index contributed by atoms with van der Waals surface area (Å²) in [5.41, 5.74) is 4.23. The average Bonchev–Trinajstić information content (AvgIpc) is 3.45. The Balaban J connectivity index is 1.40. The molecule has 0 aliphatic carbocycles. The van der Waals surface area contributed by atoms with Gasteiger partial charge in [0.1, 0.15) is 12.4 Å². The number of aliphatic hydroxyl groups is 1. The minimum Gasteiger partial charge on any atom is -0.388 e. The summed E-state index contributed by atoms with van der Waals surface area (Å²) in [5, 5.41) is 9.25. The summed E-state index contributed by atoms with van der Waals surface area (Å²) in [5.74, 6) is 0.541. The lowest BCUT2D eigenvalue weighted by atomic mass is 10.1. The maximum absolute atomic E-state index is 13.2. The number of aromatic amines is 1. The summed E-state index contributed by atoms with van der Waals surface area (Å²) in [7, 11) is 0. The number of aromatic nitrogens is 4. The molecule has 28 heavy (non-hydrogen) atoms. The number of rotatable bonds is 4. The van der Waals surface area contributed by atoms with E-state index in [0.717, 1.165) is 48.0 Å². The molecule has 1 fully saturated rings. The topological polar surface area (TPSA) is 87.0 Å². The number of fused-ring (bicyclic) bond motifs is 2. The van der Waals surface area contributed by atoms with Crippen molar-refractivity contribution in [2.75, 3.05) is 6.54 Å². The van der Waals surface area contributed by atoms with Crippen molar-refractivity contribution in [2.45, 2.75) is 32.0 Å². The van der Waals surface area contributed by atoms with Gasteiger partial charge in [0.25, 0.3) is 5.91 Å². The molecule has 2 aromatic heterocycles. The molecule has 1 unspecified atom stereocenters. The van der Waals surface area contributed by atoms with E-state index in [-0.39, 0.29) is 18.6 Å².